The molecule has 0 spiro atoms. The Morgan fingerprint density at radius 1 is 1.00 bits per heavy atom. The Balaban J connectivity index is 2.15. The number of hydrogen-bond acceptors (Lipinski definition) is 2. The van der Waals surface area contributed by atoms with E-state index in [0.717, 1.165) is 6.42 Å². The quantitative estimate of drug-likeness (QED) is 0.677. The molecule has 0 bridgehead atoms. The molecule has 2 aliphatic rings. The van der Waals surface area contributed by atoms with Gasteiger partial charge in [0.25, 0.3) is 0 Å². The van der Waals surface area contributed by atoms with E-state index in [1.165, 1.54) is 35.1 Å². The Hall–Kier alpha value is -0.570. The lowest BCUT2D eigenvalue weighted by atomic mass is 9.62. The highest BCUT2D eigenvalue weighted by Crippen LogP contribution is 2.48. The van der Waals surface area contributed by atoms with Gasteiger partial charge in [-0.05, 0) is 59.8 Å². The Morgan fingerprint density at radius 2 is 1.58 bits per heavy atom. The van der Waals surface area contributed by atoms with Gasteiger partial charge in [0.15, 0.2) is 5.79 Å². The van der Waals surface area contributed by atoms with Crippen molar-refractivity contribution in [2.45, 2.75) is 83.5 Å². The van der Waals surface area contributed by atoms with E-state index >= 15 is 0 Å². The van der Waals surface area contributed by atoms with E-state index in [2.05, 4.69) is 46.8 Å². The normalized spacial score (nSPS) is 31.0. The molecule has 24 heavy (non-hydrogen) atoms. The summed E-state index contributed by atoms with van der Waals surface area (Å²) in [6.07, 6.45) is 3.39. The second kappa shape index (κ2) is 6.00. The highest BCUT2D eigenvalue weighted by molar-refractivity contribution is 6.18. The molecular weight excluding hydrogens is 320 g/mol. The molecule has 1 aromatic rings. The monoisotopic (exact) mass is 350 g/mol. The van der Waals surface area contributed by atoms with Crippen LogP contribution in [-0.2, 0) is 32.5 Å². The minimum Gasteiger partial charge on any atom is -0.343 e. The molecule has 0 N–H and O–H groups in total. The first-order valence-corrected chi connectivity index (χ1v) is 9.72. The molecule has 2 nitrogen and oxygen atoms in total. The zero-order chi connectivity index (χ0) is 17.8. The van der Waals surface area contributed by atoms with Crippen LogP contribution < -0.4 is 0 Å². The summed E-state index contributed by atoms with van der Waals surface area (Å²) in [6, 6.07) is 4.78. The molecule has 3 rings (SSSR count). The fourth-order valence-electron chi connectivity index (χ4n) is 4.23. The Kier molecular flexibility index (Phi) is 4.56. The van der Waals surface area contributed by atoms with Crippen molar-refractivity contribution < 1.29 is 9.47 Å². The number of benzene rings is 1. The van der Waals surface area contributed by atoms with Gasteiger partial charge in [-0.1, -0.05) is 40.7 Å². The lowest BCUT2D eigenvalue weighted by Gasteiger charge is -2.43. The maximum atomic E-state index is 6.18. The van der Waals surface area contributed by atoms with Crippen molar-refractivity contribution in [3.05, 3.63) is 34.4 Å². The van der Waals surface area contributed by atoms with Gasteiger partial charge in [0.05, 0.1) is 18.6 Å². The summed E-state index contributed by atoms with van der Waals surface area (Å²) in [5.74, 6) is -0.210. The van der Waals surface area contributed by atoms with E-state index in [4.69, 9.17) is 21.1 Å². The van der Waals surface area contributed by atoms with E-state index in [1.807, 2.05) is 6.92 Å². The van der Waals surface area contributed by atoms with Crippen molar-refractivity contribution in [1.82, 2.24) is 0 Å². The number of aryl methyl sites for hydroxylation is 1. The van der Waals surface area contributed by atoms with Crippen LogP contribution in [0.15, 0.2) is 12.1 Å². The maximum Gasteiger partial charge on any atom is 0.192 e. The van der Waals surface area contributed by atoms with Crippen LogP contribution in [0.25, 0.3) is 0 Å². The minimum atomic E-state index is -0.683. The number of ether oxygens (including phenoxy) is 2. The van der Waals surface area contributed by atoms with E-state index in [9.17, 15) is 0 Å². The molecule has 0 aromatic heterocycles. The molecule has 2 atom stereocenters. The van der Waals surface area contributed by atoms with Crippen LogP contribution in [0.4, 0.5) is 0 Å². The van der Waals surface area contributed by atoms with Crippen LogP contribution in [0.5, 0.6) is 0 Å². The minimum absolute atomic E-state index is 0.0261. The van der Waals surface area contributed by atoms with Gasteiger partial charge in [0.1, 0.15) is 0 Å². The second-order valence-electron chi connectivity index (χ2n) is 8.83. The topological polar surface area (TPSA) is 18.5 Å². The standard InChI is InChI=1S/C21H31ClO2/c1-7-14-10-17-18(20(4,5)9-8-19(17,2)3)11-16(14)21(6)23-13-15(12-22)24-21/h10-11,15H,7-9,12-13H2,1-6H3/t15-,21+/m1/s1. The first-order valence-electron chi connectivity index (χ1n) is 9.19. The van der Waals surface area contributed by atoms with Crippen molar-refractivity contribution in [3.8, 4) is 0 Å². The average Bonchev–Trinajstić information content (AvgIpc) is 2.93. The predicted molar refractivity (Wildman–Crippen MR) is 100 cm³/mol. The van der Waals surface area contributed by atoms with Crippen LogP contribution >= 0.6 is 11.6 Å². The summed E-state index contributed by atoms with van der Waals surface area (Å²) >= 11 is 5.99. The summed E-state index contributed by atoms with van der Waals surface area (Å²) in [6.45, 7) is 14.3. The molecule has 0 unspecified atom stereocenters. The van der Waals surface area contributed by atoms with Crippen LogP contribution in [0.1, 0.15) is 76.6 Å². The molecule has 1 aliphatic heterocycles. The summed E-state index contributed by atoms with van der Waals surface area (Å²) in [7, 11) is 0. The van der Waals surface area contributed by atoms with Gasteiger partial charge < -0.3 is 9.47 Å². The third kappa shape index (κ3) is 2.91. The predicted octanol–water partition coefficient (Wildman–Crippen LogP) is 5.42. The van der Waals surface area contributed by atoms with Gasteiger partial charge >= 0.3 is 0 Å². The molecule has 134 valence electrons. The SMILES string of the molecule is CCc1cc2c(cc1[C@@]1(C)OC[C@@H](CCl)O1)C(C)(C)CCC2(C)C. The van der Waals surface area contributed by atoms with Crippen LogP contribution in [-0.4, -0.2) is 18.6 Å². The van der Waals surface area contributed by atoms with Crippen molar-refractivity contribution in [1.29, 1.82) is 0 Å². The Labute approximate surface area is 151 Å². The van der Waals surface area contributed by atoms with E-state index in [1.54, 1.807) is 0 Å². The van der Waals surface area contributed by atoms with Crippen LogP contribution in [0.3, 0.4) is 0 Å². The largest absolute Gasteiger partial charge is 0.343 e. The fraction of sp³-hybridized carbons (Fsp3) is 0.714. The summed E-state index contributed by atoms with van der Waals surface area (Å²) in [5, 5.41) is 0. The number of alkyl halides is 1. The smallest absolute Gasteiger partial charge is 0.192 e. The first kappa shape index (κ1) is 18.2. The lowest BCUT2D eigenvalue weighted by Crippen LogP contribution is -2.35. The Bertz CT molecular complexity index is 635. The van der Waals surface area contributed by atoms with Crippen molar-refractivity contribution in [3.63, 3.8) is 0 Å². The van der Waals surface area contributed by atoms with Gasteiger partial charge in [-0.2, -0.15) is 0 Å². The van der Waals surface area contributed by atoms with Crippen molar-refractivity contribution >= 4 is 11.6 Å². The van der Waals surface area contributed by atoms with Gasteiger partial charge in [-0.25, -0.2) is 0 Å². The summed E-state index contributed by atoms with van der Waals surface area (Å²) in [4.78, 5) is 0. The van der Waals surface area contributed by atoms with Crippen molar-refractivity contribution in [2.24, 2.45) is 0 Å². The number of hydrogen-bond donors (Lipinski definition) is 0. The van der Waals surface area contributed by atoms with Gasteiger partial charge in [0, 0.05) is 5.56 Å². The molecule has 0 amide bonds. The van der Waals surface area contributed by atoms with Gasteiger partial charge in [0.2, 0.25) is 0 Å². The third-order valence-corrected chi connectivity index (χ3v) is 6.40. The zero-order valence-corrected chi connectivity index (χ0v) is 16.7. The lowest BCUT2D eigenvalue weighted by molar-refractivity contribution is -0.160. The van der Waals surface area contributed by atoms with Crippen LogP contribution in [0, 0.1) is 0 Å². The number of fused-ring (bicyclic) bond motifs is 1. The number of rotatable bonds is 3. The van der Waals surface area contributed by atoms with Gasteiger partial charge in [-0.3, -0.25) is 0 Å². The summed E-state index contributed by atoms with van der Waals surface area (Å²) < 4.78 is 12.3. The highest BCUT2D eigenvalue weighted by atomic mass is 35.5. The first-order chi connectivity index (χ1) is 11.1. The van der Waals surface area contributed by atoms with Crippen molar-refractivity contribution in [2.75, 3.05) is 12.5 Å². The molecule has 0 radical (unpaired) electrons. The average molecular weight is 351 g/mol. The van der Waals surface area contributed by atoms with E-state index in [-0.39, 0.29) is 16.9 Å². The molecule has 1 aromatic carbocycles. The third-order valence-electron chi connectivity index (χ3n) is 6.06. The molecule has 0 saturated carbocycles. The maximum absolute atomic E-state index is 6.18. The summed E-state index contributed by atoms with van der Waals surface area (Å²) in [5.41, 5.74) is 5.87. The molecule has 3 heteroatoms. The molecule has 1 heterocycles. The molecule has 1 aliphatic carbocycles. The molecular formula is C21H31ClO2. The molecule has 1 saturated heterocycles. The highest BCUT2D eigenvalue weighted by Gasteiger charge is 2.43. The number of halogens is 1. The molecule has 1 fully saturated rings. The van der Waals surface area contributed by atoms with Gasteiger partial charge in [-0.15, -0.1) is 11.6 Å². The Morgan fingerprint density at radius 3 is 2.08 bits per heavy atom. The van der Waals surface area contributed by atoms with E-state index < -0.39 is 5.79 Å². The van der Waals surface area contributed by atoms with E-state index in [0.29, 0.717) is 12.5 Å². The van der Waals surface area contributed by atoms with Crippen LogP contribution in [0.2, 0.25) is 0 Å². The fourth-order valence-corrected chi connectivity index (χ4v) is 4.38. The second-order valence-corrected chi connectivity index (χ2v) is 9.14. The zero-order valence-electron chi connectivity index (χ0n) is 16.0.